The maximum Gasteiger partial charge on any atom is 0.165 e. The van der Waals surface area contributed by atoms with Gasteiger partial charge in [0.1, 0.15) is 0 Å². The van der Waals surface area contributed by atoms with Gasteiger partial charge in [0.05, 0.1) is 18.2 Å². The van der Waals surface area contributed by atoms with Crippen LogP contribution in [0.3, 0.4) is 0 Å². The standard InChI is InChI=1S/C10H11N5/c1-14(2)7-9-12-10-5-8(6-11)3-4-15(10)13-9/h3-5H,7H2,1-2H3. The van der Waals surface area contributed by atoms with Crippen LogP contribution in [-0.4, -0.2) is 33.6 Å². The third-order valence-corrected chi connectivity index (χ3v) is 1.97. The van der Waals surface area contributed by atoms with Gasteiger partial charge in [0, 0.05) is 12.3 Å². The molecular formula is C10H11N5. The van der Waals surface area contributed by atoms with Gasteiger partial charge in [-0.1, -0.05) is 0 Å². The van der Waals surface area contributed by atoms with Crippen molar-refractivity contribution in [2.75, 3.05) is 14.1 Å². The molecule has 0 aromatic carbocycles. The van der Waals surface area contributed by atoms with Crippen molar-refractivity contribution in [3.8, 4) is 6.07 Å². The number of fused-ring (bicyclic) bond motifs is 1. The lowest BCUT2D eigenvalue weighted by molar-refractivity contribution is 0.390. The van der Waals surface area contributed by atoms with Gasteiger partial charge >= 0.3 is 0 Å². The van der Waals surface area contributed by atoms with Crippen molar-refractivity contribution < 1.29 is 0 Å². The second-order valence-electron chi connectivity index (χ2n) is 3.60. The predicted octanol–water partition coefficient (Wildman–Crippen LogP) is 0.663. The molecule has 0 aliphatic heterocycles. The van der Waals surface area contributed by atoms with Gasteiger partial charge < -0.3 is 4.90 Å². The summed E-state index contributed by atoms with van der Waals surface area (Å²) in [6, 6.07) is 5.53. The Kier molecular flexibility index (Phi) is 2.35. The van der Waals surface area contributed by atoms with E-state index in [-0.39, 0.29) is 0 Å². The normalized spacial score (nSPS) is 10.8. The maximum absolute atomic E-state index is 8.73. The second kappa shape index (κ2) is 3.67. The molecule has 2 rings (SSSR count). The number of hydrogen-bond donors (Lipinski definition) is 0. The highest BCUT2D eigenvalue weighted by atomic mass is 15.3. The van der Waals surface area contributed by atoms with E-state index >= 15 is 0 Å². The van der Waals surface area contributed by atoms with Crippen molar-refractivity contribution in [2.45, 2.75) is 6.54 Å². The van der Waals surface area contributed by atoms with Gasteiger partial charge in [-0.05, 0) is 20.2 Å². The molecule has 0 aliphatic carbocycles. The third-order valence-electron chi connectivity index (χ3n) is 1.97. The molecule has 2 aromatic heterocycles. The first-order valence-corrected chi connectivity index (χ1v) is 4.59. The zero-order valence-electron chi connectivity index (χ0n) is 8.68. The van der Waals surface area contributed by atoms with Gasteiger partial charge in [-0.15, -0.1) is 5.10 Å². The van der Waals surface area contributed by atoms with Gasteiger partial charge in [0.15, 0.2) is 11.5 Å². The molecule has 15 heavy (non-hydrogen) atoms. The van der Waals surface area contributed by atoms with E-state index < -0.39 is 0 Å². The molecule has 0 amide bonds. The van der Waals surface area contributed by atoms with E-state index in [0.717, 1.165) is 5.82 Å². The Hall–Kier alpha value is -1.93. The van der Waals surface area contributed by atoms with Crippen molar-refractivity contribution >= 4 is 5.65 Å². The first kappa shape index (κ1) is 9.62. The summed E-state index contributed by atoms with van der Waals surface area (Å²) in [6.07, 6.45) is 1.75. The summed E-state index contributed by atoms with van der Waals surface area (Å²) in [5, 5.41) is 13.0. The van der Waals surface area contributed by atoms with Gasteiger partial charge in [-0.3, -0.25) is 0 Å². The van der Waals surface area contributed by atoms with E-state index in [0.29, 0.717) is 17.8 Å². The minimum absolute atomic E-state index is 0.603. The highest BCUT2D eigenvalue weighted by Gasteiger charge is 2.04. The van der Waals surface area contributed by atoms with Crippen molar-refractivity contribution in [2.24, 2.45) is 0 Å². The number of aromatic nitrogens is 3. The number of rotatable bonds is 2. The highest BCUT2D eigenvalue weighted by Crippen LogP contribution is 2.05. The number of pyridine rings is 1. The molecule has 0 aliphatic rings. The first-order valence-electron chi connectivity index (χ1n) is 4.59. The maximum atomic E-state index is 8.73. The summed E-state index contributed by atoms with van der Waals surface area (Å²) in [5.41, 5.74) is 1.32. The fraction of sp³-hybridized carbons (Fsp3) is 0.300. The molecule has 0 saturated heterocycles. The van der Waals surface area contributed by atoms with Crippen LogP contribution in [0.1, 0.15) is 11.4 Å². The number of nitrogens with zero attached hydrogens (tertiary/aromatic N) is 5. The Labute approximate surface area is 87.6 Å². The van der Waals surface area contributed by atoms with Crippen LogP contribution in [-0.2, 0) is 6.54 Å². The average molecular weight is 201 g/mol. The topological polar surface area (TPSA) is 57.2 Å². The molecule has 0 bridgehead atoms. The Morgan fingerprint density at radius 3 is 3.00 bits per heavy atom. The largest absolute Gasteiger partial charge is 0.302 e. The van der Waals surface area contributed by atoms with Crippen LogP contribution in [0.15, 0.2) is 18.3 Å². The molecule has 5 heteroatoms. The molecule has 0 N–H and O–H groups in total. The molecule has 76 valence electrons. The lowest BCUT2D eigenvalue weighted by Gasteiger charge is -2.03. The van der Waals surface area contributed by atoms with E-state index in [1.165, 1.54) is 0 Å². The predicted molar refractivity (Wildman–Crippen MR) is 55.1 cm³/mol. The molecule has 0 spiro atoms. The molecule has 2 heterocycles. The first-order chi connectivity index (χ1) is 7.19. The Morgan fingerprint density at radius 1 is 1.53 bits per heavy atom. The van der Waals surface area contributed by atoms with Gasteiger partial charge in [-0.2, -0.15) is 5.26 Å². The Bertz CT molecular complexity index is 520. The summed E-state index contributed by atoms with van der Waals surface area (Å²) in [5.74, 6) is 0.759. The van der Waals surface area contributed by atoms with Crippen LogP contribution in [0.5, 0.6) is 0 Å². The number of nitriles is 1. The lowest BCUT2D eigenvalue weighted by Crippen LogP contribution is -2.11. The smallest absolute Gasteiger partial charge is 0.165 e. The second-order valence-corrected chi connectivity index (χ2v) is 3.60. The van der Waals surface area contributed by atoms with Crippen LogP contribution in [0, 0.1) is 11.3 Å². The van der Waals surface area contributed by atoms with Crippen LogP contribution in [0.25, 0.3) is 5.65 Å². The third kappa shape index (κ3) is 1.95. The van der Waals surface area contributed by atoms with Crippen LogP contribution in [0.4, 0.5) is 0 Å². The molecule has 0 fully saturated rings. The van der Waals surface area contributed by atoms with Crippen molar-refractivity contribution in [3.63, 3.8) is 0 Å². The van der Waals surface area contributed by atoms with E-state index in [4.69, 9.17) is 5.26 Å². The summed E-state index contributed by atoms with van der Waals surface area (Å²) < 4.78 is 1.68. The molecule has 0 saturated carbocycles. The molecule has 0 unspecified atom stereocenters. The van der Waals surface area contributed by atoms with Gasteiger partial charge in [0.25, 0.3) is 0 Å². The zero-order valence-corrected chi connectivity index (χ0v) is 8.68. The summed E-state index contributed by atoms with van der Waals surface area (Å²) in [4.78, 5) is 6.32. The van der Waals surface area contributed by atoms with Crippen LogP contribution < -0.4 is 0 Å². The SMILES string of the molecule is CN(C)Cc1nc2cc(C#N)ccn2n1. The van der Waals surface area contributed by atoms with E-state index in [2.05, 4.69) is 16.2 Å². The average Bonchev–Trinajstić information content (AvgIpc) is 2.57. The lowest BCUT2D eigenvalue weighted by atomic mass is 10.3. The molecule has 0 radical (unpaired) electrons. The number of hydrogen-bond acceptors (Lipinski definition) is 4. The molecule has 0 atom stereocenters. The summed E-state index contributed by atoms with van der Waals surface area (Å²) in [6.45, 7) is 0.698. The summed E-state index contributed by atoms with van der Waals surface area (Å²) >= 11 is 0. The monoisotopic (exact) mass is 201 g/mol. The molecular weight excluding hydrogens is 190 g/mol. The minimum atomic E-state index is 0.603. The van der Waals surface area contributed by atoms with E-state index in [9.17, 15) is 0 Å². The van der Waals surface area contributed by atoms with Gasteiger partial charge in [-0.25, -0.2) is 9.50 Å². The Morgan fingerprint density at radius 2 is 2.33 bits per heavy atom. The minimum Gasteiger partial charge on any atom is -0.302 e. The fourth-order valence-electron chi connectivity index (χ4n) is 1.35. The van der Waals surface area contributed by atoms with Crippen molar-refractivity contribution in [1.29, 1.82) is 5.26 Å². The molecule has 5 nitrogen and oxygen atoms in total. The highest BCUT2D eigenvalue weighted by molar-refractivity contribution is 5.44. The summed E-state index contributed by atoms with van der Waals surface area (Å²) in [7, 11) is 3.93. The zero-order chi connectivity index (χ0) is 10.8. The fourth-order valence-corrected chi connectivity index (χ4v) is 1.35. The van der Waals surface area contributed by atoms with Gasteiger partial charge in [0.2, 0.25) is 0 Å². The van der Waals surface area contributed by atoms with Crippen molar-refractivity contribution in [3.05, 3.63) is 29.7 Å². The van der Waals surface area contributed by atoms with Crippen LogP contribution >= 0.6 is 0 Å². The quantitative estimate of drug-likeness (QED) is 0.716. The van der Waals surface area contributed by atoms with Crippen molar-refractivity contribution in [1.82, 2.24) is 19.5 Å². The van der Waals surface area contributed by atoms with Crippen LogP contribution in [0.2, 0.25) is 0 Å². The molecule has 2 aromatic rings. The van der Waals surface area contributed by atoms with E-state index in [1.54, 1.807) is 22.8 Å². The Balaban J connectivity index is 2.43. The van der Waals surface area contributed by atoms with E-state index in [1.807, 2.05) is 19.0 Å².